The highest BCUT2D eigenvalue weighted by Crippen LogP contribution is 2.26. The molecule has 0 saturated carbocycles. The van der Waals surface area contributed by atoms with Crippen molar-refractivity contribution in [3.8, 4) is 5.75 Å². The van der Waals surface area contributed by atoms with Crippen LogP contribution in [-0.4, -0.2) is 22.7 Å². The second-order valence-corrected chi connectivity index (χ2v) is 4.65. The van der Waals surface area contributed by atoms with E-state index in [9.17, 15) is 18.0 Å². The summed E-state index contributed by atoms with van der Waals surface area (Å²) in [6, 6.07) is 1.41. The molecule has 0 radical (unpaired) electrons. The molecule has 0 bridgehead atoms. The molecule has 1 heterocycles. The Morgan fingerprint density at radius 1 is 1.24 bits per heavy atom. The van der Waals surface area contributed by atoms with Crippen molar-refractivity contribution in [3.63, 3.8) is 0 Å². The van der Waals surface area contributed by atoms with Crippen LogP contribution >= 0.6 is 0 Å². The molecule has 0 unspecified atom stereocenters. The number of ether oxygens (including phenoxy) is 1. The maximum atomic E-state index is 13.8. The van der Waals surface area contributed by atoms with Gasteiger partial charge in [-0.15, -0.1) is 0 Å². The SMILES string of the molecule is COc1cnn(C(C)C)c1C(=O)c1ccc(F)c(F)c1F. The molecule has 0 aliphatic carbocycles. The summed E-state index contributed by atoms with van der Waals surface area (Å²) >= 11 is 0. The maximum Gasteiger partial charge on any atom is 0.217 e. The van der Waals surface area contributed by atoms with Gasteiger partial charge in [0.1, 0.15) is 0 Å². The van der Waals surface area contributed by atoms with Crippen LogP contribution in [-0.2, 0) is 0 Å². The van der Waals surface area contributed by atoms with E-state index in [1.807, 2.05) is 0 Å². The zero-order valence-corrected chi connectivity index (χ0v) is 11.7. The molecule has 2 rings (SSSR count). The van der Waals surface area contributed by atoms with Gasteiger partial charge in [0.2, 0.25) is 5.78 Å². The molecule has 7 heteroatoms. The summed E-state index contributed by atoms with van der Waals surface area (Å²) < 4.78 is 46.3. The molecular formula is C14H13F3N2O2. The topological polar surface area (TPSA) is 44.1 Å². The van der Waals surface area contributed by atoms with Gasteiger partial charge >= 0.3 is 0 Å². The van der Waals surface area contributed by atoms with Gasteiger partial charge in [0.05, 0.1) is 18.9 Å². The second-order valence-electron chi connectivity index (χ2n) is 4.65. The van der Waals surface area contributed by atoms with Gasteiger partial charge < -0.3 is 4.74 Å². The highest BCUT2D eigenvalue weighted by atomic mass is 19.2. The number of carbonyl (C=O) groups is 1. The zero-order chi connectivity index (χ0) is 15.7. The third-order valence-corrected chi connectivity index (χ3v) is 2.97. The number of halogens is 3. The fraction of sp³-hybridized carbons (Fsp3) is 0.286. The van der Waals surface area contributed by atoms with Gasteiger partial charge in [-0.3, -0.25) is 9.48 Å². The molecule has 0 amide bonds. The molecule has 0 atom stereocenters. The fourth-order valence-corrected chi connectivity index (χ4v) is 1.93. The van der Waals surface area contributed by atoms with E-state index >= 15 is 0 Å². The first-order chi connectivity index (χ1) is 9.88. The second kappa shape index (κ2) is 5.59. The average molecular weight is 298 g/mol. The van der Waals surface area contributed by atoms with Crippen molar-refractivity contribution < 1.29 is 22.7 Å². The number of rotatable bonds is 4. The molecular weight excluding hydrogens is 285 g/mol. The highest BCUT2D eigenvalue weighted by Gasteiger charge is 2.26. The van der Waals surface area contributed by atoms with Crippen molar-refractivity contribution >= 4 is 5.78 Å². The first-order valence-corrected chi connectivity index (χ1v) is 6.18. The van der Waals surface area contributed by atoms with E-state index in [0.717, 1.165) is 6.07 Å². The van der Waals surface area contributed by atoms with Crippen LogP contribution in [0.25, 0.3) is 0 Å². The minimum Gasteiger partial charge on any atom is -0.493 e. The molecule has 0 aliphatic heterocycles. The van der Waals surface area contributed by atoms with Crippen LogP contribution in [0.3, 0.4) is 0 Å². The number of aromatic nitrogens is 2. The Hall–Kier alpha value is -2.31. The van der Waals surface area contributed by atoms with E-state index in [1.165, 1.54) is 18.0 Å². The van der Waals surface area contributed by atoms with Gasteiger partial charge in [-0.05, 0) is 26.0 Å². The van der Waals surface area contributed by atoms with Crippen molar-refractivity contribution in [2.75, 3.05) is 7.11 Å². The molecule has 112 valence electrons. The molecule has 0 N–H and O–H groups in total. The van der Waals surface area contributed by atoms with E-state index in [-0.39, 0.29) is 17.5 Å². The van der Waals surface area contributed by atoms with Gasteiger partial charge in [0.15, 0.2) is 28.9 Å². The van der Waals surface area contributed by atoms with Crippen LogP contribution in [0.2, 0.25) is 0 Å². The summed E-state index contributed by atoms with van der Waals surface area (Å²) in [6.45, 7) is 3.54. The van der Waals surface area contributed by atoms with E-state index in [0.29, 0.717) is 6.07 Å². The normalized spacial score (nSPS) is 11.0. The minimum atomic E-state index is -1.68. The molecule has 0 saturated heterocycles. The van der Waals surface area contributed by atoms with Crippen molar-refractivity contribution in [3.05, 3.63) is 47.0 Å². The van der Waals surface area contributed by atoms with Crippen molar-refractivity contribution in [1.82, 2.24) is 9.78 Å². The molecule has 21 heavy (non-hydrogen) atoms. The van der Waals surface area contributed by atoms with E-state index in [1.54, 1.807) is 13.8 Å². The Kier molecular flexibility index (Phi) is 4.02. The van der Waals surface area contributed by atoms with Crippen molar-refractivity contribution in [2.45, 2.75) is 19.9 Å². The predicted molar refractivity (Wildman–Crippen MR) is 68.9 cm³/mol. The Bertz CT molecular complexity index is 696. The summed E-state index contributed by atoms with van der Waals surface area (Å²) in [7, 11) is 1.33. The molecule has 0 spiro atoms. The molecule has 1 aromatic heterocycles. The van der Waals surface area contributed by atoms with Crippen molar-refractivity contribution in [2.24, 2.45) is 0 Å². The lowest BCUT2D eigenvalue weighted by molar-refractivity contribution is 0.101. The number of hydrogen-bond acceptors (Lipinski definition) is 3. The molecule has 0 aliphatic rings. The monoisotopic (exact) mass is 298 g/mol. The van der Waals surface area contributed by atoms with Crippen LogP contribution in [0.4, 0.5) is 13.2 Å². The van der Waals surface area contributed by atoms with Gasteiger partial charge in [-0.1, -0.05) is 0 Å². The van der Waals surface area contributed by atoms with Gasteiger partial charge in [-0.2, -0.15) is 5.10 Å². The smallest absolute Gasteiger partial charge is 0.217 e. The number of nitrogens with zero attached hydrogens (tertiary/aromatic N) is 2. The Morgan fingerprint density at radius 3 is 2.48 bits per heavy atom. The lowest BCUT2D eigenvalue weighted by Gasteiger charge is -2.12. The Morgan fingerprint density at radius 2 is 1.90 bits per heavy atom. The first-order valence-electron chi connectivity index (χ1n) is 6.18. The van der Waals surface area contributed by atoms with Gasteiger partial charge in [0.25, 0.3) is 0 Å². The van der Waals surface area contributed by atoms with Crippen molar-refractivity contribution in [1.29, 1.82) is 0 Å². The van der Waals surface area contributed by atoms with E-state index < -0.39 is 28.8 Å². The third kappa shape index (κ3) is 2.51. The highest BCUT2D eigenvalue weighted by molar-refractivity contribution is 6.09. The largest absolute Gasteiger partial charge is 0.493 e. The molecule has 4 nitrogen and oxygen atoms in total. The summed E-state index contributed by atoms with van der Waals surface area (Å²) in [5.74, 6) is -5.25. The quantitative estimate of drug-likeness (QED) is 0.643. The number of ketones is 1. The fourth-order valence-electron chi connectivity index (χ4n) is 1.93. The maximum absolute atomic E-state index is 13.8. The van der Waals surface area contributed by atoms with E-state index in [2.05, 4.69) is 5.10 Å². The van der Waals surface area contributed by atoms with Crippen LogP contribution in [0.5, 0.6) is 5.75 Å². The summed E-state index contributed by atoms with van der Waals surface area (Å²) in [5.41, 5.74) is -0.591. The summed E-state index contributed by atoms with van der Waals surface area (Å²) in [4.78, 5) is 12.4. The lowest BCUT2D eigenvalue weighted by Crippen LogP contribution is -2.16. The number of hydrogen-bond donors (Lipinski definition) is 0. The Balaban J connectivity index is 2.60. The summed E-state index contributed by atoms with van der Waals surface area (Å²) in [6.07, 6.45) is 1.31. The van der Waals surface area contributed by atoms with Crippen LogP contribution in [0.1, 0.15) is 35.9 Å². The average Bonchev–Trinajstić information content (AvgIpc) is 2.88. The molecule has 1 aromatic carbocycles. The van der Waals surface area contributed by atoms with Crippen LogP contribution in [0, 0.1) is 17.5 Å². The standard InChI is InChI=1S/C14H13F3N2O2/c1-7(2)19-13(10(21-3)6-18-19)14(20)8-4-5-9(15)12(17)11(8)16/h4-7H,1-3H3. The number of benzene rings is 1. The third-order valence-electron chi connectivity index (χ3n) is 2.97. The first kappa shape index (κ1) is 15.1. The predicted octanol–water partition coefficient (Wildman–Crippen LogP) is 3.12. The minimum absolute atomic E-state index is 0.0163. The lowest BCUT2D eigenvalue weighted by atomic mass is 10.1. The Labute approximate surface area is 119 Å². The summed E-state index contributed by atoms with van der Waals surface area (Å²) in [5, 5.41) is 3.98. The molecule has 0 fully saturated rings. The van der Waals surface area contributed by atoms with E-state index in [4.69, 9.17) is 4.74 Å². The van der Waals surface area contributed by atoms with Gasteiger partial charge in [-0.25, -0.2) is 13.2 Å². The number of methoxy groups -OCH3 is 1. The number of carbonyl (C=O) groups excluding carboxylic acids is 1. The van der Waals surface area contributed by atoms with Crippen LogP contribution < -0.4 is 4.74 Å². The van der Waals surface area contributed by atoms with Crippen LogP contribution in [0.15, 0.2) is 18.3 Å². The zero-order valence-electron chi connectivity index (χ0n) is 11.7. The van der Waals surface area contributed by atoms with Gasteiger partial charge in [0, 0.05) is 6.04 Å². The molecule has 2 aromatic rings.